The second kappa shape index (κ2) is 13.7. The number of rotatable bonds is 12. The number of carbonyl (C=O) groups is 2. The Kier molecular flexibility index (Phi) is 10.6. The summed E-state index contributed by atoms with van der Waals surface area (Å²) in [5.41, 5.74) is 1.86. The second-order valence-corrected chi connectivity index (χ2v) is 10.4. The van der Waals surface area contributed by atoms with E-state index in [9.17, 15) is 9.59 Å². The molecule has 6 nitrogen and oxygen atoms in total. The molecule has 1 saturated heterocycles. The van der Waals surface area contributed by atoms with Crippen LogP contribution in [-0.4, -0.2) is 41.4 Å². The molecule has 3 rings (SSSR count). The number of thiocarbonyl (C=S) groups is 1. The Morgan fingerprint density at radius 2 is 1.97 bits per heavy atom. The van der Waals surface area contributed by atoms with Gasteiger partial charge in [-0.25, -0.2) is 0 Å². The molecule has 1 aliphatic heterocycles. The van der Waals surface area contributed by atoms with Gasteiger partial charge < -0.3 is 14.2 Å². The maximum Gasteiger partial charge on any atom is 0.305 e. The maximum atomic E-state index is 12.9. The van der Waals surface area contributed by atoms with Gasteiger partial charge in [-0.2, -0.15) is 0 Å². The summed E-state index contributed by atoms with van der Waals surface area (Å²) in [5.74, 6) is 0.936. The predicted molar refractivity (Wildman–Crippen MR) is 146 cm³/mol. The van der Waals surface area contributed by atoms with Crippen LogP contribution in [0.4, 0.5) is 0 Å². The minimum absolute atomic E-state index is 0.0978. The van der Waals surface area contributed by atoms with E-state index in [0.717, 1.165) is 34.9 Å². The minimum atomic E-state index is -0.180. The van der Waals surface area contributed by atoms with E-state index >= 15 is 0 Å². The zero-order valence-electron chi connectivity index (χ0n) is 19.8. The van der Waals surface area contributed by atoms with Crippen molar-refractivity contribution >= 4 is 62.2 Å². The quantitative estimate of drug-likeness (QED) is 0.126. The minimum Gasteiger partial charge on any atom is -0.493 e. The highest BCUT2D eigenvalue weighted by Crippen LogP contribution is 2.35. The molecule has 0 unspecified atom stereocenters. The first-order chi connectivity index (χ1) is 16.9. The average Bonchev–Trinajstić information content (AvgIpc) is 3.10. The van der Waals surface area contributed by atoms with Crippen molar-refractivity contribution in [3.05, 3.63) is 63.0 Å². The van der Waals surface area contributed by atoms with Gasteiger partial charge in [0.2, 0.25) is 0 Å². The molecular formula is C26H28BrNO5S2. The Morgan fingerprint density at radius 1 is 1.14 bits per heavy atom. The van der Waals surface area contributed by atoms with Crippen LogP contribution in [0.1, 0.15) is 43.7 Å². The number of carbonyl (C=O) groups excluding carboxylic acids is 2. The third kappa shape index (κ3) is 8.08. The van der Waals surface area contributed by atoms with Crippen LogP contribution in [-0.2, 0) is 20.9 Å². The van der Waals surface area contributed by atoms with E-state index in [1.165, 1.54) is 11.8 Å². The molecule has 0 aromatic heterocycles. The standard InChI is InChI=1S/C26H28BrNO5S2/c1-3-32-24(29)10-5-4-6-13-28-25(30)23(35-26(28)34)16-18-11-12-21(22(15-18)31-2)33-17-19-8-7-9-20(27)14-19/h7-9,11-12,14-16H,3-6,10,13,17H2,1-2H3/b23-16+. The molecule has 0 N–H and O–H groups in total. The highest BCUT2D eigenvalue weighted by Gasteiger charge is 2.31. The van der Waals surface area contributed by atoms with Gasteiger partial charge in [0, 0.05) is 17.4 Å². The molecule has 186 valence electrons. The first-order valence-corrected chi connectivity index (χ1v) is 13.4. The topological polar surface area (TPSA) is 65.1 Å². The van der Waals surface area contributed by atoms with E-state index in [2.05, 4.69) is 15.9 Å². The molecule has 0 radical (unpaired) electrons. The number of halogens is 1. The summed E-state index contributed by atoms with van der Waals surface area (Å²) in [6, 6.07) is 13.5. The van der Waals surface area contributed by atoms with Crippen LogP contribution in [0.3, 0.4) is 0 Å². The van der Waals surface area contributed by atoms with E-state index in [-0.39, 0.29) is 11.9 Å². The van der Waals surface area contributed by atoms with Crippen LogP contribution in [0.15, 0.2) is 51.8 Å². The molecule has 2 aromatic carbocycles. The normalized spacial score (nSPS) is 14.5. The monoisotopic (exact) mass is 577 g/mol. The van der Waals surface area contributed by atoms with Crippen molar-refractivity contribution in [2.45, 2.75) is 39.2 Å². The smallest absolute Gasteiger partial charge is 0.305 e. The Labute approximate surface area is 224 Å². The second-order valence-electron chi connectivity index (χ2n) is 7.78. The van der Waals surface area contributed by atoms with Gasteiger partial charge in [0.05, 0.1) is 18.6 Å². The van der Waals surface area contributed by atoms with Crippen molar-refractivity contribution in [3.63, 3.8) is 0 Å². The van der Waals surface area contributed by atoms with Crippen LogP contribution >= 0.6 is 39.9 Å². The first kappa shape index (κ1) is 27.2. The summed E-state index contributed by atoms with van der Waals surface area (Å²) in [5, 5.41) is 0. The molecule has 0 spiro atoms. The average molecular weight is 579 g/mol. The molecule has 0 atom stereocenters. The molecule has 9 heteroatoms. The number of methoxy groups -OCH3 is 1. The Balaban J connectivity index is 1.57. The van der Waals surface area contributed by atoms with Crippen molar-refractivity contribution in [3.8, 4) is 11.5 Å². The fraction of sp³-hybridized carbons (Fsp3) is 0.346. The third-order valence-corrected chi connectivity index (χ3v) is 7.08. The number of benzene rings is 2. The van der Waals surface area contributed by atoms with E-state index in [4.69, 9.17) is 26.4 Å². The summed E-state index contributed by atoms with van der Waals surface area (Å²) >= 11 is 10.2. The van der Waals surface area contributed by atoms with Crippen molar-refractivity contribution in [1.29, 1.82) is 0 Å². The summed E-state index contributed by atoms with van der Waals surface area (Å²) in [4.78, 5) is 26.5. The number of thioether (sulfide) groups is 1. The summed E-state index contributed by atoms with van der Waals surface area (Å²) in [6.07, 6.45) is 4.56. The molecule has 35 heavy (non-hydrogen) atoms. The number of ether oxygens (including phenoxy) is 3. The van der Waals surface area contributed by atoms with E-state index in [1.54, 1.807) is 18.9 Å². The van der Waals surface area contributed by atoms with E-state index in [1.807, 2.05) is 48.5 Å². The van der Waals surface area contributed by atoms with Crippen LogP contribution < -0.4 is 9.47 Å². The molecule has 1 fully saturated rings. The lowest BCUT2D eigenvalue weighted by atomic mass is 10.1. The van der Waals surface area contributed by atoms with Crippen LogP contribution in [0.5, 0.6) is 11.5 Å². The number of hydrogen-bond acceptors (Lipinski definition) is 7. The first-order valence-electron chi connectivity index (χ1n) is 11.4. The summed E-state index contributed by atoms with van der Waals surface area (Å²) < 4.78 is 17.9. The zero-order chi connectivity index (χ0) is 25.2. The highest BCUT2D eigenvalue weighted by atomic mass is 79.9. The van der Waals surface area contributed by atoms with Crippen LogP contribution in [0.2, 0.25) is 0 Å². The molecule has 0 aliphatic carbocycles. The lowest BCUT2D eigenvalue weighted by Gasteiger charge is -2.14. The van der Waals surface area contributed by atoms with Crippen molar-refractivity contribution in [2.75, 3.05) is 20.3 Å². The Morgan fingerprint density at radius 3 is 2.71 bits per heavy atom. The van der Waals surface area contributed by atoms with Gasteiger partial charge in [0.15, 0.2) is 11.5 Å². The van der Waals surface area contributed by atoms with Gasteiger partial charge in [0.1, 0.15) is 10.9 Å². The number of unbranched alkanes of at least 4 members (excludes halogenated alkanes) is 2. The van der Waals surface area contributed by atoms with Crippen molar-refractivity contribution in [1.82, 2.24) is 4.90 Å². The molecule has 2 aromatic rings. The molecule has 0 saturated carbocycles. The Bertz CT molecular complexity index is 1100. The molecule has 1 amide bonds. The fourth-order valence-corrected chi connectivity index (χ4v) is 5.23. The van der Waals surface area contributed by atoms with Crippen LogP contribution in [0, 0.1) is 0 Å². The van der Waals surface area contributed by atoms with Gasteiger partial charge in [0.25, 0.3) is 5.91 Å². The summed E-state index contributed by atoms with van der Waals surface area (Å²) in [6.45, 7) is 3.14. The third-order valence-electron chi connectivity index (χ3n) is 5.21. The fourth-order valence-electron chi connectivity index (χ4n) is 3.47. The zero-order valence-corrected chi connectivity index (χ0v) is 23.0. The van der Waals surface area contributed by atoms with Crippen molar-refractivity contribution in [2.24, 2.45) is 0 Å². The largest absolute Gasteiger partial charge is 0.493 e. The molecule has 1 aliphatic rings. The number of amides is 1. The SMILES string of the molecule is CCOC(=O)CCCCCN1C(=O)/C(=C\c2ccc(OCc3cccc(Br)c3)c(OC)c2)SC1=S. The number of esters is 1. The van der Waals surface area contributed by atoms with Gasteiger partial charge in [-0.05, 0) is 61.2 Å². The highest BCUT2D eigenvalue weighted by molar-refractivity contribution is 9.10. The molecule has 0 bridgehead atoms. The van der Waals surface area contributed by atoms with Crippen molar-refractivity contribution < 1.29 is 23.8 Å². The molecule has 1 heterocycles. The number of nitrogens with zero attached hydrogens (tertiary/aromatic N) is 1. The summed E-state index contributed by atoms with van der Waals surface area (Å²) in [7, 11) is 1.59. The van der Waals surface area contributed by atoms with Gasteiger partial charge >= 0.3 is 5.97 Å². The lowest BCUT2D eigenvalue weighted by molar-refractivity contribution is -0.143. The van der Waals surface area contributed by atoms with E-state index < -0.39 is 0 Å². The Hall–Kier alpha value is -2.36. The molecular weight excluding hydrogens is 550 g/mol. The maximum absolute atomic E-state index is 12.9. The van der Waals surface area contributed by atoms with Gasteiger partial charge in [-0.15, -0.1) is 0 Å². The van der Waals surface area contributed by atoms with Gasteiger partial charge in [-0.1, -0.05) is 64.5 Å². The van der Waals surface area contributed by atoms with Gasteiger partial charge in [-0.3, -0.25) is 14.5 Å². The lowest BCUT2D eigenvalue weighted by Crippen LogP contribution is -2.29. The van der Waals surface area contributed by atoms with E-state index in [0.29, 0.717) is 46.9 Å². The number of hydrogen-bond donors (Lipinski definition) is 0. The van der Waals surface area contributed by atoms with Crippen LogP contribution in [0.25, 0.3) is 6.08 Å². The predicted octanol–water partition coefficient (Wildman–Crippen LogP) is 6.36.